The number of aromatic nitrogens is 1. The van der Waals surface area contributed by atoms with Crippen LogP contribution in [0.2, 0.25) is 0 Å². The molecule has 0 unspecified atom stereocenters. The molecule has 0 saturated heterocycles. The Morgan fingerprint density at radius 2 is 2.26 bits per heavy atom. The van der Waals surface area contributed by atoms with Gasteiger partial charge in [0.1, 0.15) is 23.7 Å². The van der Waals surface area contributed by atoms with E-state index < -0.39 is 5.97 Å². The van der Waals surface area contributed by atoms with Gasteiger partial charge in [-0.05, 0) is 25.1 Å². The number of aromatic carboxylic acids is 1. The number of thiazole rings is 1. The lowest BCUT2D eigenvalue weighted by atomic mass is 10.2. The highest BCUT2D eigenvalue weighted by molar-refractivity contribution is 7.09. The number of hydrogen-bond donors (Lipinski definition) is 1. The summed E-state index contributed by atoms with van der Waals surface area (Å²) in [5.41, 5.74) is 0.862. The summed E-state index contributed by atoms with van der Waals surface area (Å²) < 4.78 is 10.5. The van der Waals surface area contributed by atoms with E-state index >= 15 is 0 Å². The summed E-state index contributed by atoms with van der Waals surface area (Å²) in [6, 6.07) is 4.68. The summed E-state index contributed by atoms with van der Waals surface area (Å²) in [6.07, 6.45) is 0. The average Bonchev–Trinajstić information content (AvgIpc) is 2.82. The maximum Gasteiger partial charge on any atom is 0.339 e. The predicted molar refractivity (Wildman–Crippen MR) is 71.1 cm³/mol. The summed E-state index contributed by atoms with van der Waals surface area (Å²) in [6.45, 7) is 2.15. The zero-order chi connectivity index (χ0) is 13.8. The number of carbonyl (C=O) groups is 1. The van der Waals surface area contributed by atoms with Gasteiger partial charge in [0.05, 0.1) is 17.8 Å². The van der Waals surface area contributed by atoms with Crippen molar-refractivity contribution in [2.75, 3.05) is 7.11 Å². The van der Waals surface area contributed by atoms with Crippen LogP contribution >= 0.6 is 11.3 Å². The summed E-state index contributed by atoms with van der Waals surface area (Å²) in [4.78, 5) is 15.4. The van der Waals surface area contributed by atoms with E-state index in [9.17, 15) is 4.79 Å². The Morgan fingerprint density at radius 1 is 1.47 bits per heavy atom. The Labute approximate surface area is 114 Å². The zero-order valence-corrected chi connectivity index (χ0v) is 11.4. The fourth-order valence-corrected chi connectivity index (χ4v) is 2.15. The molecule has 0 aliphatic heterocycles. The van der Waals surface area contributed by atoms with Gasteiger partial charge in [-0.2, -0.15) is 0 Å². The lowest BCUT2D eigenvalue weighted by Gasteiger charge is -2.09. The van der Waals surface area contributed by atoms with Crippen LogP contribution in [0.15, 0.2) is 23.6 Å². The van der Waals surface area contributed by atoms with Crippen molar-refractivity contribution in [1.29, 1.82) is 0 Å². The maximum atomic E-state index is 11.2. The number of methoxy groups -OCH3 is 1. The van der Waals surface area contributed by atoms with Gasteiger partial charge in [0.2, 0.25) is 0 Å². The lowest BCUT2D eigenvalue weighted by Crippen LogP contribution is -2.04. The zero-order valence-electron chi connectivity index (χ0n) is 10.5. The number of aryl methyl sites for hydroxylation is 1. The maximum absolute atomic E-state index is 11.2. The van der Waals surface area contributed by atoms with E-state index in [1.807, 2.05) is 12.3 Å². The van der Waals surface area contributed by atoms with Gasteiger partial charge >= 0.3 is 5.97 Å². The molecule has 0 spiro atoms. The summed E-state index contributed by atoms with van der Waals surface area (Å²) in [7, 11) is 1.49. The first-order valence-electron chi connectivity index (χ1n) is 5.55. The SMILES string of the molecule is COc1ccc(OCc2csc(C)n2)c(C(=O)O)c1. The predicted octanol–water partition coefficient (Wildman–Crippen LogP) is 2.74. The molecule has 1 aromatic carbocycles. The van der Waals surface area contributed by atoms with Gasteiger partial charge in [-0.15, -0.1) is 11.3 Å². The van der Waals surface area contributed by atoms with Crippen LogP contribution in [0.3, 0.4) is 0 Å². The fraction of sp³-hybridized carbons (Fsp3) is 0.231. The van der Waals surface area contributed by atoms with Crippen LogP contribution in [0.1, 0.15) is 21.1 Å². The molecule has 0 atom stereocenters. The molecule has 1 aromatic heterocycles. The molecule has 19 heavy (non-hydrogen) atoms. The average molecular weight is 279 g/mol. The van der Waals surface area contributed by atoms with Crippen LogP contribution in [-0.2, 0) is 6.61 Å². The standard InChI is InChI=1S/C13H13NO4S/c1-8-14-9(7-19-8)6-18-12-4-3-10(17-2)5-11(12)13(15)16/h3-5,7H,6H2,1-2H3,(H,15,16). The molecule has 1 heterocycles. The summed E-state index contributed by atoms with van der Waals surface area (Å²) in [5.74, 6) is -0.267. The number of hydrogen-bond acceptors (Lipinski definition) is 5. The molecule has 0 aliphatic rings. The molecule has 6 heteroatoms. The normalized spacial score (nSPS) is 10.2. The van der Waals surface area contributed by atoms with Gasteiger partial charge in [0, 0.05) is 5.38 Å². The molecule has 0 fully saturated rings. The van der Waals surface area contributed by atoms with Gasteiger partial charge < -0.3 is 14.6 Å². The molecule has 100 valence electrons. The molecule has 2 rings (SSSR count). The third-order valence-corrected chi connectivity index (χ3v) is 3.28. The molecule has 5 nitrogen and oxygen atoms in total. The van der Waals surface area contributed by atoms with E-state index in [0.717, 1.165) is 10.7 Å². The minimum atomic E-state index is -1.05. The van der Waals surface area contributed by atoms with Crippen molar-refractivity contribution >= 4 is 17.3 Å². The second-order valence-corrected chi connectivity index (χ2v) is 4.88. The van der Waals surface area contributed by atoms with Gasteiger partial charge in [0.25, 0.3) is 0 Å². The topological polar surface area (TPSA) is 68.7 Å². The summed E-state index contributed by atoms with van der Waals surface area (Å²) in [5, 5.41) is 12.0. The van der Waals surface area contributed by atoms with Crippen LogP contribution < -0.4 is 9.47 Å². The van der Waals surface area contributed by atoms with Crippen LogP contribution in [-0.4, -0.2) is 23.2 Å². The third kappa shape index (κ3) is 3.23. The minimum Gasteiger partial charge on any atom is -0.497 e. The Bertz CT molecular complexity index is 594. The molecule has 0 amide bonds. The Kier molecular flexibility index (Phi) is 4.01. The number of benzene rings is 1. The highest BCUT2D eigenvalue weighted by Crippen LogP contribution is 2.25. The number of ether oxygens (including phenoxy) is 2. The first-order chi connectivity index (χ1) is 9.10. The van der Waals surface area contributed by atoms with Crippen molar-refractivity contribution in [2.45, 2.75) is 13.5 Å². The fourth-order valence-electron chi connectivity index (χ4n) is 1.56. The Hall–Kier alpha value is -2.08. The molecule has 0 radical (unpaired) electrons. The van der Waals surface area contributed by atoms with Crippen LogP contribution in [0.5, 0.6) is 11.5 Å². The van der Waals surface area contributed by atoms with Crippen molar-refractivity contribution in [3.63, 3.8) is 0 Å². The highest BCUT2D eigenvalue weighted by atomic mass is 32.1. The van der Waals surface area contributed by atoms with Gasteiger partial charge in [-0.25, -0.2) is 9.78 Å². The van der Waals surface area contributed by atoms with Crippen molar-refractivity contribution in [3.05, 3.63) is 39.8 Å². The molecule has 1 N–H and O–H groups in total. The summed E-state index contributed by atoms with van der Waals surface area (Å²) >= 11 is 1.53. The van der Waals surface area contributed by atoms with Gasteiger partial charge in [-0.3, -0.25) is 0 Å². The lowest BCUT2D eigenvalue weighted by molar-refractivity contribution is 0.0691. The highest BCUT2D eigenvalue weighted by Gasteiger charge is 2.13. The van der Waals surface area contributed by atoms with E-state index in [1.165, 1.54) is 24.5 Å². The van der Waals surface area contributed by atoms with Gasteiger partial charge in [0.15, 0.2) is 0 Å². The first kappa shape index (κ1) is 13.4. The van der Waals surface area contributed by atoms with Crippen molar-refractivity contribution in [1.82, 2.24) is 4.98 Å². The largest absolute Gasteiger partial charge is 0.497 e. The number of carboxylic acid groups (broad SMARTS) is 1. The van der Waals surface area contributed by atoms with Crippen LogP contribution in [0, 0.1) is 6.92 Å². The second-order valence-electron chi connectivity index (χ2n) is 3.81. The smallest absolute Gasteiger partial charge is 0.339 e. The number of rotatable bonds is 5. The van der Waals surface area contributed by atoms with Crippen molar-refractivity contribution < 1.29 is 19.4 Å². The van der Waals surface area contributed by atoms with E-state index in [2.05, 4.69) is 4.98 Å². The molecular formula is C13H13NO4S. The molecule has 0 bridgehead atoms. The van der Waals surface area contributed by atoms with Crippen molar-refractivity contribution in [3.8, 4) is 11.5 Å². The number of nitrogens with zero attached hydrogens (tertiary/aromatic N) is 1. The number of carboxylic acids is 1. The van der Waals surface area contributed by atoms with E-state index in [4.69, 9.17) is 14.6 Å². The van der Waals surface area contributed by atoms with Crippen molar-refractivity contribution in [2.24, 2.45) is 0 Å². The Morgan fingerprint density at radius 3 is 2.84 bits per heavy atom. The monoisotopic (exact) mass is 279 g/mol. The first-order valence-corrected chi connectivity index (χ1v) is 6.43. The molecule has 0 saturated carbocycles. The Balaban J connectivity index is 2.17. The van der Waals surface area contributed by atoms with E-state index in [1.54, 1.807) is 12.1 Å². The molecule has 2 aromatic rings. The molecule has 0 aliphatic carbocycles. The van der Waals surface area contributed by atoms with Crippen LogP contribution in [0.4, 0.5) is 0 Å². The third-order valence-electron chi connectivity index (χ3n) is 2.46. The quantitative estimate of drug-likeness (QED) is 0.911. The van der Waals surface area contributed by atoms with Crippen LogP contribution in [0.25, 0.3) is 0 Å². The second kappa shape index (κ2) is 5.71. The van der Waals surface area contributed by atoms with E-state index in [-0.39, 0.29) is 12.2 Å². The van der Waals surface area contributed by atoms with Gasteiger partial charge in [-0.1, -0.05) is 0 Å². The molecular weight excluding hydrogens is 266 g/mol. The minimum absolute atomic E-state index is 0.0753. The van der Waals surface area contributed by atoms with E-state index in [0.29, 0.717) is 11.5 Å².